The molecule has 27 heavy (non-hydrogen) atoms. The van der Waals surface area contributed by atoms with Crippen LogP contribution in [0.2, 0.25) is 0 Å². The van der Waals surface area contributed by atoms with E-state index in [-0.39, 0.29) is 12.5 Å². The van der Waals surface area contributed by atoms with Crippen molar-refractivity contribution in [2.24, 2.45) is 0 Å². The third-order valence-electron chi connectivity index (χ3n) is 4.35. The van der Waals surface area contributed by atoms with Crippen LogP contribution >= 0.6 is 11.3 Å². The molecule has 0 aliphatic heterocycles. The van der Waals surface area contributed by atoms with E-state index >= 15 is 0 Å². The van der Waals surface area contributed by atoms with E-state index in [0.717, 1.165) is 29.0 Å². The summed E-state index contributed by atoms with van der Waals surface area (Å²) in [6.07, 6.45) is 2.02. The number of amides is 1. The van der Waals surface area contributed by atoms with Gasteiger partial charge in [0.15, 0.2) is 6.61 Å². The molecule has 0 radical (unpaired) electrons. The summed E-state index contributed by atoms with van der Waals surface area (Å²) >= 11 is 1.43. The summed E-state index contributed by atoms with van der Waals surface area (Å²) in [5.74, 6) is 0.820. The molecule has 3 rings (SSSR count). The molecule has 1 amide bonds. The van der Waals surface area contributed by atoms with Crippen molar-refractivity contribution in [3.05, 3.63) is 59.6 Å². The molecule has 0 spiro atoms. The molecule has 0 saturated carbocycles. The van der Waals surface area contributed by atoms with E-state index in [1.54, 1.807) is 0 Å². The van der Waals surface area contributed by atoms with Gasteiger partial charge in [0.25, 0.3) is 5.91 Å². The van der Waals surface area contributed by atoms with Gasteiger partial charge in [-0.25, -0.2) is 0 Å². The van der Waals surface area contributed by atoms with Gasteiger partial charge in [0, 0.05) is 11.5 Å². The van der Waals surface area contributed by atoms with Crippen LogP contribution in [0.4, 0.5) is 5.13 Å². The summed E-state index contributed by atoms with van der Waals surface area (Å²) in [4.78, 5) is 12.3. The zero-order valence-electron chi connectivity index (χ0n) is 15.5. The number of hydrogen-bond acceptors (Lipinski definition) is 5. The molecule has 2 aromatic carbocycles. The first-order chi connectivity index (χ1) is 13.2. The van der Waals surface area contributed by atoms with Crippen molar-refractivity contribution in [3.8, 4) is 16.9 Å². The van der Waals surface area contributed by atoms with Crippen LogP contribution in [-0.2, 0) is 4.79 Å². The van der Waals surface area contributed by atoms with Gasteiger partial charge in [0.05, 0.1) is 0 Å². The van der Waals surface area contributed by atoms with Crippen molar-refractivity contribution in [1.29, 1.82) is 0 Å². The Balaban J connectivity index is 1.62. The van der Waals surface area contributed by atoms with Gasteiger partial charge in [0.2, 0.25) is 5.13 Å². The maximum atomic E-state index is 12.3. The second kappa shape index (κ2) is 9.28. The molecule has 1 heterocycles. The third kappa shape index (κ3) is 4.92. The van der Waals surface area contributed by atoms with Crippen molar-refractivity contribution in [3.63, 3.8) is 0 Å². The highest BCUT2D eigenvalue weighted by Crippen LogP contribution is 2.30. The molecule has 0 bridgehead atoms. The van der Waals surface area contributed by atoms with Crippen LogP contribution in [0, 0.1) is 0 Å². The Labute approximate surface area is 163 Å². The van der Waals surface area contributed by atoms with Gasteiger partial charge in [-0.05, 0) is 24.5 Å². The molecule has 1 aromatic heterocycles. The minimum Gasteiger partial charge on any atom is -0.483 e. The van der Waals surface area contributed by atoms with Gasteiger partial charge in [-0.3, -0.25) is 10.1 Å². The van der Waals surface area contributed by atoms with Crippen molar-refractivity contribution >= 4 is 22.4 Å². The fourth-order valence-electron chi connectivity index (χ4n) is 2.84. The lowest BCUT2D eigenvalue weighted by Crippen LogP contribution is -2.20. The Kier molecular flexibility index (Phi) is 6.54. The van der Waals surface area contributed by atoms with E-state index in [2.05, 4.69) is 29.4 Å². The summed E-state index contributed by atoms with van der Waals surface area (Å²) in [6, 6.07) is 17.7. The highest BCUT2D eigenvalue weighted by Gasteiger charge is 2.15. The molecule has 0 aliphatic carbocycles. The number of aromatic nitrogens is 2. The highest BCUT2D eigenvalue weighted by atomic mass is 32.1. The molecule has 0 fully saturated rings. The molecule has 1 N–H and O–H groups in total. The smallest absolute Gasteiger partial charge is 0.264 e. The van der Waals surface area contributed by atoms with Crippen LogP contribution < -0.4 is 10.1 Å². The Bertz CT molecular complexity index is 876. The van der Waals surface area contributed by atoms with Crippen LogP contribution in [0.15, 0.2) is 54.6 Å². The normalized spacial score (nSPS) is 10.8. The minimum atomic E-state index is -0.245. The van der Waals surface area contributed by atoms with Gasteiger partial charge >= 0.3 is 0 Å². The summed E-state index contributed by atoms with van der Waals surface area (Å²) in [7, 11) is 0. The van der Waals surface area contributed by atoms with Crippen molar-refractivity contribution in [1.82, 2.24) is 10.2 Å². The molecule has 0 atom stereocenters. The number of carbonyl (C=O) groups excluding carboxylic acids is 1. The number of benzene rings is 2. The van der Waals surface area contributed by atoms with Crippen LogP contribution in [0.25, 0.3) is 11.1 Å². The summed E-state index contributed by atoms with van der Waals surface area (Å²) in [5.41, 5.74) is 2.00. The summed E-state index contributed by atoms with van der Waals surface area (Å²) in [5, 5.41) is 12.5. The van der Waals surface area contributed by atoms with E-state index in [1.165, 1.54) is 11.3 Å². The molecule has 5 nitrogen and oxygen atoms in total. The van der Waals surface area contributed by atoms with Crippen LogP contribution in [0.1, 0.15) is 37.6 Å². The van der Waals surface area contributed by atoms with E-state index in [1.807, 2.05) is 54.6 Å². The third-order valence-corrected chi connectivity index (χ3v) is 5.35. The lowest BCUT2D eigenvalue weighted by molar-refractivity contribution is -0.118. The lowest BCUT2D eigenvalue weighted by atomic mass is 10.1. The fraction of sp³-hybridized carbons (Fsp3) is 0.286. The zero-order valence-corrected chi connectivity index (χ0v) is 16.3. The van der Waals surface area contributed by atoms with Gasteiger partial charge in [-0.2, -0.15) is 0 Å². The number of rotatable bonds is 8. The number of anilines is 1. The predicted octanol–water partition coefficient (Wildman–Crippen LogP) is 5.13. The van der Waals surface area contributed by atoms with E-state index in [9.17, 15) is 4.79 Å². The molecule has 6 heteroatoms. The molecule has 0 unspecified atom stereocenters. The number of hydrogen-bond donors (Lipinski definition) is 1. The number of para-hydroxylation sites is 1. The lowest BCUT2D eigenvalue weighted by Gasteiger charge is -2.11. The number of nitrogens with zero attached hydrogens (tertiary/aromatic N) is 2. The van der Waals surface area contributed by atoms with Crippen molar-refractivity contribution in [2.75, 3.05) is 11.9 Å². The molecule has 0 aliphatic rings. The number of nitrogens with one attached hydrogen (secondary N) is 1. The highest BCUT2D eigenvalue weighted by molar-refractivity contribution is 7.15. The predicted molar refractivity (Wildman–Crippen MR) is 109 cm³/mol. The Morgan fingerprint density at radius 2 is 1.74 bits per heavy atom. The second-order valence-corrected chi connectivity index (χ2v) is 7.17. The Morgan fingerprint density at radius 1 is 1.04 bits per heavy atom. The Hall–Kier alpha value is -2.73. The topological polar surface area (TPSA) is 64.1 Å². The monoisotopic (exact) mass is 381 g/mol. The van der Waals surface area contributed by atoms with Crippen LogP contribution in [0.5, 0.6) is 5.75 Å². The van der Waals surface area contributed by atoms with Crippen molar-refractivity contribution < 1.29 is 9.53 Å². The van der Waals surface area contributed by atoms with Gasteiger partial charge in [0.1, 0.15) is 10.8 Å². The van der Waals surface area contributed by atoms with Gasteiger partial charge in [-0.15, -0.1) is 10.2 Å². The quantitative estimate of drug-likeness (QED) is 0.588. The minimum absolute atomic E-state index is 0.0796. The standard InChI is InChI=1S/C21H23N3O2S/c1-3-15(4-2)20-23-24-21(27-20)22-19(25)14-26-18-13-9-8-12-17(18)16-10-6-5-7-11-16/h5-13,15H,3-4,14H2,1-2H3,(H,22,24,25). The fourth-order valence-corrected chi connectivity index (χ4v) is 3.86. The van der Waals surface area contributed by atoms with E-state index < -0.39 is 0 Å². The maximum absolute atomic E-state index is 12.3. The Morgan fingerprint density at radius 3 is 2.48 bits per heavy atom. The zero-order chi connectivity index (χ0) is 19.1. The number of carbonyl (C=O) groups is 1. The summed E-state index contributed by atoms with van der Waals surface area (Å²) < 4.78 is 5.77. The maximum Gasteiger partial charge on any atom is 0.264 e. The largest absolute Gasteiger partial charge is 0.483 e. The molecular weight excluding hydrogens is 358 g/mol. The second-order valence-electron chi connectivity index (χ2n) is 6.16. The first-order valence-corrected chi connectivity index (χ1v) is 9.93. The average molecular weight is 382 g/mol. The van der Waals surface area contributed by atoms with Gasteiger partial charge in [-0.1, -0.05) is 73.7 Å². The molecule has 0 saturated heterocycles. The molecule has 140 valence electrons. The van der Waals surface area contributed by atoms with E-state index in [0.29, 0.717) is 16.8 Å². The van der Waals surface area contributed by atoms with Gasteiger partial charge < -0.3 is 4.74 Å². The van der Waals surface area contributed by atoms with Crippen LogP contribution in [0.3, 0.4) is 0 Å². The molecular formula is C21H23N3O2S. The average Bonchev–Trinajstić information content (AvgIpc) is 3.16. The first kappa shape index (κ1) is 19.0. The SMILES string of the molecule is CCC(CC)c1nnc(NC(=O)COc2ccccc2-c2ccccc2)s1. The van der Waals surface area contributed by atoms with Crippen molar-refractivity contribution in [2.45, 2.75) is 32.6 Å². The van der Waals surface area contributed by atoms with E-state index in [4.69, 9.17) is 4.74 Å². The first-order valence-electron chi connectivity index (χ1n) is 9.11. The summed E-state index contributed by atoms with van der Waals surface area (Å²) in [6.45, 7) is 4.18. The van der Waals surface area contributed by atoms with Crippen LogP contribution in [-0.4, -0.2) is 22.7 Å². The molecule has 3 aromatic rings. The number of ether oxygens (including phenoxy) is 1.